The van der Waals surface area contributed by atoms with Gasteiger partial charge in [0.05, 0.1) is 19.0 Å². The van der Waals surface area contributed by atoms with Gasteiger partial charge in [-0.25, -0.2) is 10.1 Å². The Morgan fingerprint density at radius 1 is 1.44 bits per heavy atom. The second-order valence-corrected chi connectivity index (χ2v) is 5.50. The van der Waals surface area contributed by atoms with Crippen molar-refractivity contribution in [2.45, 2.75) is 19.8 Å². The zero-order valence-electron chi connectivity index (χ0n) is 14.8. The summed E-state index contributed by atoms with van der Waals surface area (Å²) in [5.74, 6) is 0.432. The number of hydrogen-bond donors (Lipinski definition) is 2. The number of nitrogens with two attached hydrogens (primary N) is 1. The van der Waals surface area contributed by atoms with E-state index in [1.807, 2.05) is 25.1 Å². The molecule has 140 valence electrons. The van der Waals surface area contributed by atoms with Crippen LogP contribution in [0.2, 0.25) is 0 Å². The predicted octanol–water partition coefficient (Wildman–Crippen LogP) is 0.957. The van der Waals surface area contributed by atoms with Gasteiger partial charge in [-0.1, -0.05) is 30.7 Å². The van der Waals surface area contributed by atoms with E-state index in [1.165, 1.54) is 10.9 Å². The van der Waals surface area contributed by atoms with Gasteiger partial charge in [0.2, 0.25) is 11.6 Å². The number of carbonyl (C=O) groups excluding carboxylic acids is 1. The second kappa shape index (κ2) is 8.08. The van der Waals surface area contributed by atoms with Gasteiger partial charge >= 0.3 is 0 Å². The van der Waals surface area contributed by atoms with E-state index in [1.54, 1.807) is 13.2 Å². The lowest BCUT2D eigenvalue weighted by Gasteiger charge is -2.03. The number of anilines is 1. The number of benzene rings is 1. The monoisotopic (exact) mass is 370 g/mol. The Bertz CT molecular complexity index is 962. The maximum atomic E-state index is 12.5. The van der Waals surface area contributed by atoms with Crippen molar-refractivity contribution in [2.75, 3.05) is 12.8 Å². The minimum absolute atomic E-state index is 0.0558. The first-order valence-electron chi connectivity index (χ1n) is 8.14. The van der Waals surface area contributed by atoms with Gasteiger partial charge in [0.1, 0.15) is 5.75 Å². The van der Waals surface area contributed by atoms with Crippen LogP contribution >= 0.6 is 0 Å². The number of ether oxygens (including phenoxy) is 1. The highest BCUT2D eigenvalue weighted by Crippen LogP contribution is 2.17. The van der Waals surface area contributed by atoms with Crippen molar-refractivity contribution in [3.63, 3.8) is 0 Å². The van der Waals surface area contributed by atoms with Gasteiger partial charge < -0.3 is 10.5 Å². The largest absolute Gasteiger partial charge is 0.497 e. The molecule has 0 spiro atoms. The molecule has 0 radical (unpaired) electrons. The fourth-order valence-corrected chi connectivity index (χ4v) is 2.39. The van der Waals surface area contributed by atoms with E-state index in [0.29, 0.717) is 17.9 Å². The van der Waals surface area contributed by atoms with Gasteiger partial charge in [0.25, 0.3) is 5.91 Å². The van der Waals surface area contributed by atoms with Crippen molar-refractivity contribution < 1.29 is 14.2 Å². The molecule has 0 aliphatic rings. The number of rotatable bonds is 7. The van der Waals surface area contributed by atoms with Crippen LogP contribution in [0, 0.1) is 0 Å². The van der Waals surface area contributed by atoms with Crippen molar-refractivity contribution >= 4 is 17.9 Å². The summed E-state index contributed by atoms with van der Waals surface area (Å²) in [5.41, 5.74) is 9.58. The van der Waals surface area contributed by atoms with Crippen LogP contribution in [0.25, 0.3) is 5.82 Å². The minimum Gasteiger partial charge on any atom is -0.497 e. The average molecular weight is 370 g/mol. The molecule has 0 aliphatic carbocycles. The van der Waals surface area contributed by atoms with Gasteiger partial charge in [-0.2, -0.15) is 9.78 Å². The third-order valence-electron chi connectivity index (χ3n) is 3.63. The zero-order chi connectivity index (χ0) is 19.2. The summed E-state index contributed by atoms with van der Waals surface area (Å²) in [6.45, 7) is 1.96. The zero-order valence-corrected chi connectivity index (χ0v) is 14.8. The second-order valence-electron chi connectivity index (χ2n) is 5.50. The maximum absolute atomic E-state index is 12.5. The summed E-state index contributed by atoms with van der Waals surface area (Å²) in [6.07, 6.45) is 2.79. The number of nitrogen functional groups attached to an aromatic ring is 1. The number of aromatic nitrogens is 5. The summed E-state index contributed by atoms with van der Waals surface area (Å²) >= 11 is 0. The third kappa shape index (κ3) is 3.92. The molecule has 27 heavy (non-hydrogen) atoms. The Morgan fingerprint density at radius 3 is 3.00 bits per heavy atom. The van der Waals surface area contributed by atoms with Crippen LogP contribution < -0.4 is 15.9 Å². The van der Waals surface area contributed by atoms with Crippen molar-refractivity contribution in [3.05, 3.63) is 41.2 Å². The predicted molar refractivity (Wildman–Crippen MR) is 95.7 cm³/mol. The van der Waals surface area contributed by atoms with Crippen molar-refractivity contribution in [3.8, 4) is 11.6 Å². The van der Waals surface area contributed by atoms with Crippen LogP contribution in [0.1, 0.15) is 35.1 Å². The number of carbonyl (C=O) groups is 1. The normalized spacial score (nSPS) is 11.0. The Morgan fingerprint density at radius 2 is 2.30 bits per heavy atom. The highest BCUT2D eigenvalue weighted by atomic mass is 16.6. The van der Waals surface area contributed by atoms with Crippen LogP contribution in [0.5, 0.6) is 5.75 Å². The van der Waals surface area contributed by atoms with Crippen LogP contribution in [0.4, 0.5) is 5.82 Å². The summed E-state index contributed by atoms with van der Waals surface area (Å²) in [7, 11) is 1.58. The molecule has 11 nitrogen and oxygen atoms in total. The lowest BCUT2D eigenvalue weighted by atomic mass is 10.2. The minimum atomic E-state index is -0.501. The number of nitrogens with zero attached hydrogens (tertiary/aromatic N) is 6. The molecule has 0 saturated carbocycles. The number of hydrazone groups is 1. The van der Waals surface area contributed by atoms with Crippen molar-refractivity contribution in [1.29, 1.82) is 0 Å². The highest BCUT2D eigenvalue weighted by molar-refractivity contribution is 5.94. The maximum Gasteiger partial charge on any atom is 0.293 e. The SMILES string of the molecule is CCCc1c(C(=O)NN=Cc2cccc(OC)c2)nnn1-c1nonc1N. The molecule has 2 aromatic heterocycles. The Hall–Kier alpha value is -3.76. The molecule has 0 saturated heterocycles. The molecule has 3 N–H and O–H groups in total. The van der Waals surface area contributed by atoms with Crippen LogP contribution in [-0.2, 0) is 6.42 Å². The Balaban J connectivity index is 1.79. The van der Waals surface area contributed by atoms with E-state index < -0.39 is 5.91 Å². The van der Waals surface area contributed by atoms with Gasteiger partial charge in [-0.3, -0.25) is 4.79 Å². The summed E-state index contributed by atoms with van der Waals surface area (Å²) in [4.78, 5) is 12.5. The summed E-state index contributed by atoms with van der Waals surface area (Å²) < 4.78 is 11.1. The van der Waals surface area contributed by atoms with Gasteiger partial charge in [0.15, 0.2) is 5.69 Å². The molecule has 0 unspecified atom stereocenters. The fraction of sp³-hybridized carbons (Fsp3) is 0.250. The molecule has 0 aliphatic heterocycles. The molecule has 0 fully saturated rings. The van der Waals surface area contributed by atoms with E-state index in [-0.39, 0.29) is 17.3 Å². The quantitative estimate of drug-likeness (QED) is 0.462. The molecule has 3 rings (SSSR count). The Kier molecular flexibility index (Phi) is 5.40. The Labute approximate surface area is 154 Å². The number of hydrogen-bond acceptors (Lipinski definition) is 9. The lowest BCUT2D eigenvalue weighted by Crippen LogP contribution is -2.20. The first-order chi connectivity index (χ1) is 13.1. The van der Waals surface area contributed by atoms with Crippen LogP contribution in [0.15, 0.2) is 34.0 Å². The average Bonchev–Trinajstić information content (AvgIpc) is 3.28. The lowest BCUT2D eigenvalue weighted by molar-refractivity contribution is 0.0949. The number of nitrogens with one attached hydrogen (secondary N) is 1. The summed E-state index contributed by atoms with van der Waals surface area (Å²) in [6, 6.07) is 7.26. The van der Waals surface area contributed by atoms with Crippen LogP contribution in [0.3, 0.4) is 0 Å². The molecule has 0 atom stereocenters. The molecule has 1 amide bonds. The molecular formula is C16H18N8O3. The first kappa shape index (κ1) is 18.0. The topological polar surface area (TPSA) is 146 Å². The molecule has 0 bridgehead atoms. The van der Waals surface area contributed by atoms with Crippen molar-refractivity contribution in [1.82, 2.24) is 30.7 Å². The van der Waals surface area contributed by atoms with Gasteiger partial charge in [-0.05, 0) is 34.4 Å². The smallest absolute Gasteiger partial charge is 0.293 e. The van der Waals surface area contributed by atoms with Gasteiger partial charge in [-0.15, -0.1) is 5.10 Å². The molecule has 3 aromatic rings. The van der Waals surface area contributed by atoms with Crippen LogP contribution in [-0.4, -0.2) is 44.5 Å². The third-order valence-corrected chi connectivity index (χ3v) is 3.63. The van der Waals surface area contributed by atoms with E-state index >= 15 is 0 Å². The fourth-order valence-electron chi connectivity index (χ4n) is 2.39. The number of methoxy groups -OCH3 is 1. The molecule has 1 aromatic carbocycles. The standard InChI is InChI=1S/C16H18N8O3/c1-3-5-12-13(19-23-24(12)15-14(17)21-27-22-15)16(25)20-18-9-10-6-4-7-11(8-10)26-2/h4,6-9H,3,5H2,1-2H3,(H2,17,21)(H,20,25). The van der Waals surface area contributed by atoms with E-state index in [9.17, 15) is 4.79 Å². The molecule has 2 heterocycles. The summed E-state index contributed by atoms with van der Waals surface area (Å²) in [5, 5.41) is 19.0. The van der Waals surface area contributed by atoms with Crippen molar-refractivity contribution in [2.24, 2.45) is 5.10 Å². The highest BCUT2D eigenvalue weighted by Gasteiger charge is 2.23. The number of amides is 1. The van der Waals surface area contributed by atoms with E-state index in [2.05, 4.69) is 35.8 Å². The van der Waals surface area contributed by atoms with Gasteiger partial charge in [0, 0.05) is 0 Å². The first-order valence-corrected chi connectivity index (χ1v) is 8.14. The van der Waals surface area contributed by atoms with E-state index in [4.69, 9.17) is 10.5 Å². The van der Waals surface area contributed by atoms with E-state index in [0.717, 1.165) is 12.0 Å². The molecular weight excluding hydrogens is 352 g/mol. The molecule has 11 heteroatoms.